The monoisotopic (exact) mass is 411 g/mol. The summed E-state index contributed by atoms with van der Waals surface area (Å²) in [6.07, 6.45) is 3.87. The zero-order chi connectivity index (χ0) is 21.7. The van der Waals surface area contributed by atoms with Gasteiger partial charge >= 0.3 is 0 Å². The van der Waals surface area contributed by atoms with E-state index in [-0.39, 0.29) is 35.5 Å². The van der Waals surface area contributed by atoms with Crippen molar-refractivity contribution in [1.82, 2.24) is 20.5 Å². The number of hydrogen-bond acceptors (Lipinski definition) is 7. The molecule has 2 aromatic rings. The smallest absolute Gasteiger partial charge is 0.273 e. The summed E-state index contributed by atoms with van der Waals surface area (Å²) in [5.74, 6) is 0.164. The highest BCUT2D eigenvalue weighted by atomic mass is 16.1. The zero-order valence-corrected chi connectivity index (χ0v) is 17.6. The first kappa shape index (κ1) is 21.5. The molecule has 5 N–H and O–H groups in total. The van der Waals surface area contributed by atoms with E-state index in [9.17, 15) is 9.59 Å². The lowest BCUT2D eigenvalue weighted by Gasteiger charge is -2.32. The number of nitrogens with zero attached hydrogens (tertiary/aromatic N) is 3. The number of rotatable bonds is 7. The molecule has 1 aliphatic carbocycles. The first-order chi connectivity index (χ1) is 14.3. The fourth-order valence-corrected chi connectivity index (χ4v) is 3.63. The second-order valence-electron chi connectivity index (χ2n) is 7.94. The summed E-state index contributed by atoms with van der Waals surface area (Å²) < 4.78 is 0. The molecular formula is C21H29N7O2. The van der Waals surface area contributed by atoms with E-state index in [2.05, 4.69) is 45.0 Å². The first-order valence-corrected chi connectivity index (χ1v) is 10.3. The Hall–Kier alpha value is -3.23. The molecule has 160 valence electrons. The molecule has 9 heteroatoms. The number of benzene rings is 1. The summed E-state index contributed by atoms with van der Waals surface area (Å²) in [5, 5.41) is 17.4. The highest BCUT2D eigenvalue weighted by Crippen LogP contribution is 2.24. The van der Waals surface area contributed by atoms with Gasteiger partial charge in [0.25, 0.3) is 5.91 Å². The molecule has 1 fully saturated rings. The number of carbonyl (C=O) groups excluding carboxylic acids is 2. The van der Waals surface area contributed by atoms with Crippen molar-refractivity contribution in [3.8, 4) is 0 Å². The van der Waals surface area contributed by atoms with Gasteiger partial charge in [-0.15, -0.1) is 10.2 Å². The molecule has 1 aliphatic rings. The number of hydrogen-bond donors (Lipinski definition) is 4. The average molecular weight is 412 g/mol. The van der Waals surface area contributed by atoms with Crippen LogP contribution in [-0.2, 0) is 4.79 Å². The SMILES string of the molecule is CC(=O)N[C@H]1CCCC[C@H]1Nc1nnc(C(N)=O)c(Nc2ccc(C(C)C)cc2)n1. The quantitative estimate of drug-likeness (QED) is 0.550. The van der Waals surface area contributed by atoms with Crippen LogP contribution in [0.4, 0.5) is 17.5 Å². The van der Waals surface area contributed by atoms with Crippen LogP contribution >= 0.6 is 0 Å². The van der Waals surface area contributed by atoms with E-state index in [4.69, 9.17) is 5.73 Å². The van der Waals surface area contributed by atoms with Crippen LogP contribution in [-0.4, -0.2) is 39.1 Å². The third-order valence-corrected chi connectivity index (χ3v) is 5.23. The summed E-state index contributed by atoms with van der Waals surface area (Å²) in [5.41, 5.74) is 7.40. The Morgan fingerprint density at radius 1 is 1.07 bits per heavy atom. The Kier molecular flexibility index (Phi) is 6.81. The maximum absolute atomic E-state index is 11.8. The van der Waals surface area contributed by atoms with Gasteiger partial charge in [0.05, 0.1) is 0 Å². The predicted octanol–water partition coefficient (Wildman–Crippen LogP) is 2.70. The third kappa shape index (κ3) is 5.43. The van der Waals surface area contributed by atoms with Crippen LogP contribution in [0.3, 0.4) is 0 Å². The molecule has 0 saturated heterocycles. The second-order valence-corrected chi connectivity index (χ2v) is 7.94. The third-order valence-electron chi connectivity index (χ3n) is 5.23. The summed E-state index contributed by atoms with van der Waals surface area (Å²) in [6.45, 7) is 5.76. The van der Waals surface area contributed by atoms with Gasteiger partial charge in [0, 0.05) is 24.7 Å². The minimum atomic E-state index is -0.711. The van der Waals surface area contributed by atoms with Crippen molar-refractivity contribution >= 4 is 29.3 Å². The summed E-state index contributed by atoms with van der Waals surface area (Å²) in [7, 11) is 0. The van der Waals surface area contributed by atoms with Gasteiger partial charge < -0.3 is 21.7 Å². The van der Waals surface area contributed by atoms with Crippen LogP contribution in [0.15, 0.2) is 24.3 Å². The number of anilines is 3. The predicted molar refractivity (Wildman–Crippen MR) is 116 cm³/mol. The lowest BCUT2D eigenvalue weighted by atomic mass is 9.90. The molecule has 0 aliphatic heterocycles. The molecule has 0 bridgehead atoms. The Morgan fingerprint density at radius 3 is 2.33 bits per heavy atom. The highest BCUT2D eigenvalue weighted by Gasteiger charge is 2.27. The molecular weight excluding hydrogens is 382 g/mol. The van der Waals surface area contributed by atoms with E-state index in [0.29, 0.717) is 5.92 Å². The molecule has 1 aromatic carbocycles. The van der Waals surface area contributed by atoms with Crippen molar-refractivity contribution in [2.75, 3.05) is 10.6 Å². The number of nitrogens with one attached hydrogen (secondary N) is 3. The van der Waals surface area contributed by atoms with E-state index in [1.165, 1.54) is 12.5 Å². The highest BCUT2D eigenvalue weighted by molar-refractivity contribution is 5.96. The van der Waals surface area contributed by atoms with E-state index in [1.54, 1.807) is 0 Å². The lowest BCUT2D eigenvalue weighted by molar-refractivity contribution is -0.119. The second kappa shape index (κ2) is 9.51. The van der Waals surface area contributed by atoms with Gasteiger partial charge in [-0.2, -0.15) is 4.98 Å². The van der Waals surface area contributed by atoms with Crippen molar-refractivity contribution in [3.05, 3.63) is 35.5 Å². The molecule has 2 atom stereocenters. The number of aromatic nitrogens is 3. The molecule has 1 heterocycles. The van der Waals surface area contributed by atoms with Crippen LogP contribution in [0, 0.1) is 0 Å². The average Bonchev–Trinajstić information content (AvgIpc) is 2.69. The van der Waals surface area contributed by atoms with Gasteiger partial charge in [-0.1, -0.05) is 38.8 Å². The summed E-state index contributed by atoms with van der Waals surface area (Å²) >= 11 is 0. The van der Waals surface area contributed by atoms with Crippen LogP contribution in [0.5, 0.6) is 0 Å². The molecule has 1 aromatic heterocycles. The summed E-state index contributed by atoms with van der Waals surface area (Å²) in [6, 6.07) is 7.86. The van der Waals surface area contributed by atoms with Crippen molar-refractivity contribution in [2.45, 2.75) is 64.5 Å². The van der Waals surface area contributed by atoms with E-state index < -0.39 is 5.91 Å². The number of amides is 2. The van der Waals surface area contributed by atoms with Crippen LogP contribution in [0.1, 0.15) is 68.4 Å². The minimum absolute atomic E-state index is 0.00402. The van der Waals surface area contributed by atoms with Gasteiger partial charge in [0.15, 0.2) is 11.5 Å². The molecule has 0 unspecified atom stereocenters. The molecule has 2 amide bonds. The normalized spacial score (nSPS) is 18.7. The van der Waals surface area contributed by atoms with Crippen LogP contribution in [0.25, 0.3) is 0 Å². The van der Waals surface area contributed by atoms with E-state index >= 15 is 0 Å². The fraction of sp³-hybridized carbons (Fsp3) is 0.476. The van der Waals surface area contributed by atoms with Crippen molar-refractivity contribution < 1.29 is 9.59 Å². The number of primary amides is 1. The standard InChI is InChI=1S/C21H29N7O2/c1-12(2)14-8-10-15(11-9-14)24-20-18(19(22)30)27-28-21(26-20)25-17-7-5-4-6-16(17)23-13(3)29/h8-12,16-17H,4-7H2,1-3H3,(H2,22,30)(H,23,29)(H2,24,25,26,28)/t16-,17+/m0/s1. The number of nitrogens with two attached hydrogens (primary N) is 1. The zero-order valence-electron chi connectivity index (χ0n) is 17.6. The Bertz CT molecular complexity index is 899. The fourth-order valence-electron chi connectivity index (χ4n) is 3.63. The minimum Gasteiger partial charge on any atom is -0.364 e. The molecule has 1 saturated carbocycles. The molecule has 0 spiro atoms. The van der Waals surface area contributed by atoms with E-state index in [1.807, 2.05) is 24.3 Å². The molecule has 30 heavy (non-hydrogen) atoms. The first-order valence-electron chi connectivity index (χ1n) is 10.3. The van der Waals surface area contributed by atoms with Gasteiger partial charge in [-0.25, -0.2) is 0 Å². The van der Waals surface area contributed by atoms with Gasteiger partial charge in [0.1, 0.15) is 0 Å². The van der Waals surface area contributed by atoms with Crippen LogP contribution in [0.2, 0.25) is 0 Å². The number of carbonyl (C=O) groups is 2. The van der Waals surface area contributed by atoms with Crippen molar-refractivity contribution in [3.63, 3.8) is 0 Å². The molecule has 3 rings (SSSR count). The van der Waals surface area contributed by atoms with Gasteiger partial charge in [-0.05, 0) is 36.5 Å². The Labute approximate surface area is 176 Å². The van der Waals surface area contributed by atoms with E-state index in [0.717, 1.165) is 31.4 Å². The van der Waals surface area contributed by atoms with Crippen molar-refractivity contribution in [1.29, 1.82) is 0 Å². The maximum Gasteiger partial charge on any atom is 0.273 e. The Morgan fingerprint density at radius 2 is 1.73 bits per heavy atom. The Balaban J connectivity index is 1.81. The molecule has 0 radical (unpaired) electrons. The molecule has 9 nitrogen and oxygen atoms in total. The lowest BCUT2D eigenvalue weighted by Crippen LogP contribution is -2.48. The van der Waals surface area contributed by atoms with Crippen molar-refractivity contribution in [2.24, 2.45) is 5.73 Å². The van der Waals surface area contributed by atoms with Gasteiger partial charge in [-0.3, -0.25) is 9.59 Å². The van der Waals surface area contributed by atoms with Gasteiger partial charge in [0.2, 0.25) is 11.9 Å². The van der Waals surface area contributed by atoms with Crippen LogP contribution < -0.4 is 21.7 Å². The maximum atomic E-state index is 11.8. The topological polar surface area (TPSA) is 135 Å². The summed E-state index contributed by atoms with van der Waals surface area (Å²) in [4.78, 5) is 27.8. The largest absolute Gasteiger partial charge is 0.364 e.